The van der Waals surface area contributed by atoms with Gasteiger partial charge in [0.1, 0.15) is 5.78 Å². The molecule has 0 fully saturated rings. The average molecular weight is 198 g/mol. The van der Waals surface area contributed by atoms with Crippen LogP contribution < -0.4 is 0 Å². The predicted molar refractivity (Wildman–Crippen MR) is 62.4 cm³/mol. The van der Waals surface area contributed by atoms with Crippen LogP contribution in [0.3, 0.4) is 0 Å². The van der Waals surface area contributed by atoms with Crippen molar-refractivity contribution in [2.45, 2.75) is 66.7 Å². The van der Waals surface area contributed by atoms with Crippen LogP contribution >= 0.6 is 0 Å². The molecule has 0 aliphatic carbocycles. The van der Waals surface area contributed by atoms with Crippen molar-refractivity contribution in [3.63, 3.8) is 0 Å². The quantitative estimate of drug-likeness (QED) is 0.584. The Morgan fingerprint density at radius 2 is 1.79 bits per heavy atom. The maximum absolute atomic E-state index is 11.6. The molecule has 0 bridgehead atoms. The van der Waals surface area contributed by atoms with Crippen molar-refractivity contribution in [2.75, 3.05) is 0 Å². The lowest BCUT2D eigenvalue weighted by molar-refractivity contribution is -0.120. The molecule has 0 amide bonds. The second-order valence-electron chi connectivity index (χ2n) is 5.47. The molecule has 0 aromatic rings. The van der Waals surface area contributed by atoms with Gasteiger partial charge < -0.3 is 0 Å². The van der Waals surface area contributed by atoms with Gasteiger partial charge in [-0.3, -0.25) is 4.79 Å². The maximum Gasteiger partial charge on any atom is 0.133 e. The highest BCUT2D eigenvalue weighted by Crippen LogP contribution is 2.28. The van der Waals surface area contributed by atoms with Crippen LogP contribution in [-0.2, 0) is 4.79 Å². The van der Waals surface area contributed by atoms with E-state index in [9.17, 15) is 4.79 Å². The highest BCUT2D eigenvalue weighted by Gasteiger charge is 2.21. The number of Topliss-reactive ketones (excluding diaryl/α,β-unsaturated/α-hetero) is 1. The first-order chi connectivity index (χ1) is 6.38. The summed E-state index contributed by atoms with van der Waals surface area (Å²) in [7, 11) is 0. The Hall–Kier alpha value is -0.330. The van der Waals surface area contributed by atoms with Crippen LogP contribution in [0.25, 0.3) is 0 Å². The molecule has 0 aliphatic heterocycles. The number of hydrogen-bond donors (Lipinski definition) is 0. The maximum atomic E-state index is 11.6. The van der Waals surface area contributed by atoms with Crippen LogP contribution in [0.4, 0.5) is 0 Å². The summed E-state index contributed by atoms with van der Waals surface area (Å²) in [5.74, 6) is 0.942. The van der Waals surface area contributed by atoms with E-state index in [-0.39, 0.29) is 5.41 Å². The summed E-state index contributed by atoms with van der Waals surface area (Å²) in [4.78, 5) is 11.6. The minimum atomic E-state index is 0.264. The van der Waals surface area contributed by atoms with E-state index in [2.05, 4.69) is 34.6 Å². The van der Waals surface area contributed by atoms with Gasteiger partial charge in [-0.05, 0) is 17.8 Å². The molecule has 1 atom stereocenters. The van der Waals surface area contributed by atoms with E-state index in [1.807, 2.05) is 0 Å². The minimum absolute atomic E-state index is 0.264. The largest absolute Gasteiger partial charge is 0.300 e. The molecule has 1 nitrogen and oxygen atoms in total. The van der Waals surface area contributed by atoms with Crippen LogP contribution in [0.5, 0.6) is 0 Å². The van der Waals surface area contributed by atoms with E-state index < -0.39 is 0 Å². The van der Waals surface area contributed by atoms with Crippen molar-refractivity contribution < 1.29 is 4.79 Å². The lowest BCUT2D eigenvalue weighted by Gasteiger charge is -2.26. The number of unbranched alkanes of at least 4 members (excludes halogenated alkanes) is 2. The summed E-state index contributed by atoms with van der Waals surface area (Å²) < 4.78 is 0. The van der Waals surface area contributed by atoms with Crippen molar-refractivity contribution in [1.82, 2.24) is 0 Å². The first-order valence-electron chi connectivity index (χ1n) is 5.89. The Balaban J connectivity index is 3.72. The van der Waals surface area contributed by atoms with Gasteiger partial charge >= 0.3 is 0 Å². The van der Waals surface area contributed by atoms with Gasteiger partial charge in [0.15, 0.2) is 0 Å². The highest BCUT2D eigenvalue weighted by atomic mass is 16.1. The zero-order valence-corrected chi connectivity index (χ0v) is 10.5. The van der Waals surface area contributed by atoms with Gasteiger partial charge in [0, 0.05) is 12.8 Å². The van der Waals surface area contributed by atoms with Gasteiger partial charge in [0.2, 0.25) is 0 Å². The van der Waals surface area contributed by atoms with Gasteiger partial charge in [-0.15, -0.1) is 0 Å². The number of hydrogen-bond acceptors (Lipinski definition) is 1. The highest BCUT2D eigenvalue weighted by molar-refractivity contribution is 5.78. The van der Waals surface area contributed by atoms with Crippen molar-refractivity contribution in [1.29, 1.82) is 0 Å². The van der Waals surface area contributed by atoms with Gasteiger partial charge in [-0.25, -0.2) is 0 Å². The Kier molecular flexibility index (Phi) is 6.06. The van der Waals surface area contributed by atoms with Crippen LogP contribution in [-0.4, -0.2) is 5.78 Å². The second-order valence-corrected chi connectivity index (χ2v) is 5.47. The van der Waals surface area contributed by atoms with E-state index >= 15 is 0 Å². The summed E-state index contributed by atoms with van der Waals surface area (Å²) in [5.41, 5.74) is 0.264. The van der Waals surface area contributed by atoms with Crippen molar-refractivity contribution in [2.24, 2.45) is 11.3 Å². The third-order valence-corrected chi connectivity index (χ3v) is 3.07. The first-order valence-corrected chi connectivity index (χ1v) is 5.89. The number of ketones is 1. The molecule has 0 rings (SSSR count). The Labute approximate surface area is 89.3 Å². The molecule has 0 saturated heterocycles. The lowest BCUT2D eigenvalue weighted by Crippen LogP contribution is -2.20. The van der Waals surface area contributed by atoms with Gasteiger partial charge in [-0.2, -0.15) is 0 Å². The molecule has 0 spiro atoms. The monoisotopic (exact) mass is 198 g/mol. The van der Waals surface area contributed by atoms with E-state index in [1.54, 1.807) is 0 Å². The summed E-state index contributed by atoms with van der Waals surface area (Å²) in [6, 6.07) is 0. The Morgan fingerprint density at radius 1 is 1.21 bits per heavy atom. The van der Waals surface area contributed by atoms with E-state index in [0.717, 1.165) is 19.3 Å². The number of rotatable bonds is 6. The number of carbonyl (C=O) groups is 1. The van der Waals surface area contributed by atoms with Crippen LogP contribution in [0.2, 0.25) is 0 Å². The zero-order valence-electron chi connectivity index (χ0n) is 10.5. The third kappa shape index (κ3) is 6.17. The summed E-state index contributed by atoms with van der Waals surface area (Å²) in [5, 5.41) is 0. The minimum Gasteiger partial charge on any atom is -0.300 e. The molecule has 14 heavy (non-hydrogen) atoms. The molecule has 84 valence electrons. The molecule has 1 heteroatoms. The van der Waals surface area contributed by atoms with E-state index in [0.29, 0.717) is 11.7 Å². The molecule has 0 saturated carbocycles. The van der Waals surface area contributed by atoms with Crippen molar-refractivity contribution >= 4 is 5.78 Å². The molecular formula is C13H26O. The van der Waals surface area contributed by atoms with Gasteiger partial charge in [-0.1, -0.05) is 47.5 Å². The molecule has 0 heterocycles. The molecule has 0 aromatic heterocycles. The first kappa shape index (κ1) is 13.7. The molecule has 1 unspecified atom stereocenters. The van der Waals surface area contributed by atoms with Gasteiger partial charge in [0.05, 0.1) is 0 Å². The van der Waals surface area contributed by atoms with E-state index in [4.69, 9.17) is 0 Å². The molecule has 0 aromatic carbocycles. The normalized spacial score (nSPS) is 14.1. The standard InChI is InChI=1S/C13H26O/c1-6-7-8-9-12(14)10-11(2)13(3,4)5/h11H,6-10H2,1-5H3. The summed E-state index contributed by atoms with van der Waals surface area (Å²) in [6.07, 6.45) is 5.01. The van der Waals surface area contributed by atoms with Crippen LogP contribution in [0.1, 0.15) is 66.7 Å². The molecule has 0 N–H and O–H groups in total. The molecule has 0 radical (unpaired) electrons. The van der Waals surface area contributed by atoms with Gasteiger partial charge in [0.25, 0.3) is 0 Å². The SMILES string of the molecule is CCCCCC(=O)CC(C)C(C)(C)C. The topological polar surface area (TPSA) is 17.1 Å². The van der Waals surface area contributed by atoms with Crippen LogP contribution in [0, 0.1) is 11.3 Å². The smallest absolute Gasteiger partial charge is 0.133 e. The Bertz CT molecular complexity index is 165. The zero-order chi connectivity index (χ0) is 11.2. The van der Waals surface area contributed by atoms with Crippen molar-refractivity contribution in [3.05, 3.63) is 0 Å². The lowest BCUT2D eigenvalue weighted by atomic mass is 9.79. The molecule has 0 aliphatic rings. The Morgan fingerprint density at radius 3 is 2.21 bits per heavy atom. The van der Waals surface area contributed by atoms with Crippen LogP contribution in [0.15, 0.2) is 0 Å². The second kappa shape index (κ2) is 6.21. The summed E-state index contributed by atoms with van der Waals surface area (Å²) in [6.45, 7) is 11.0. The number of carbonyl (C=O) groups excluding carboxylic acids is 1. The fourth-order valence-electron chi connectivity index (χ4n) is 1.32. The predicted octanol–water partition coefficient (Wildman–Crippen LogP) is 4.21. The fourth-order valence-corrected chi connectivity index (χ4v) is 1.32. The van der Waals surface area contributed by atoms with E-state index in [1.165, 1.54) is 12.8 Å². The third-order valence-electron chi connectivity index (χ3n) is 3.07. The molecular weight excluding hydrogens is 172 g/mol. The average Bonchev–Trinajstić information content (AvgIpc) is 2.03. The summed E-state index contributed by atoms with van der Waals surface area (Å²) >= 11 is 0. The fraction of sp³-hybridized carbons (Fsp3) is 0.923. The van der Waals surface area contributed by atoms with Crippen molar-refractivity contribution in [3.8, 4) is 0 Å².